The minimum absolute atomic E-state index is 0.221. The first-order valence-corrected chi connectivity index (χ1v) is 8.19. The number of piperazine rings is 1. The number of benzene rings is 2. The summed E-state index contributed by atoms with van der Waals surface area (Å²) in [5.41, 5.74) is 2.23. The van der Waals surface area contributed by atoms with Crippen molar-refractivity contribution in [1.29, 1.82) is 0 Å². The average molecular weight is 333 g/mol. The van der Waals surface area contributed by atoms with E-state index in [-0.39, 0.29) is 5.82 Å². The van der Waals surface area contributed by atoms with Gasteiger partial charge in [-0.05, 0) is 29.8 Å². The summed E-state index contributed by atoms with van der Waals surface area (Å²) in [6, 6.07) is 14.5. The Morgan fingerprint density at radius 3 is 2.35 bits per heavy atom. The Balaban J connectivity index is 1.48. The van der Waals surface area contributed by atoms with Gasteiger partial charge < -0.3 is 4.90 Å². The predicted molar refractivity (Wildman–Crippen MR) is 91.4 cm³/mol. The molecule has 120 valence electrons. The van der Waals surface area contributed by atoms with Crippen LogP contribution in [-0.4, -0.2) is 37.4 Å². The number of hydrogen-bond donors (Lipinski definition) is 1. The molecule has 3 rings (SSSR count). The van der Waals surface area contributed by atoms with Crippen molar-refractivity contribution in [3.8, 4) is 0 Å². The third-order valence-corrected chi connectivity index (χ3v) is 4.31. The second-order valence-corrected chi connectivity index (χ2v) is 6.24. The molecule has 1 fully saturated rings. The Kier molecular flexibility index (Phi) is 5.26. The quantitative estimate of drug-likeness (QED) is 0.851. The highest BCUT2D eigenvalue weighted by molar-refractivity contribution is 6.30. The summed E-state index contributed by atoms with van der Waals surface area (Å²) in [5.74, 6) is -0.221. The third-order valence-electron chi connectivity index (χ3n) is 4.05. The molecule has 0 bridgehead atoms. The molecule has 1 N–H and O–H groups in total. The van der Waals surface area contributed by atoms with Crippen LogP contribution < -0.4 is 4.90 Å². The zero-order chi connectivity index (χ0) is 16.1. The summed E-state index contributed by atoms with van der Waals surface area (Å²) in [6.45, 7) is 5.00. The molecule has 0 saturated carbocycles. The minimum atomic E-state index is -0.221. The smallest absolute Gasteiger partial charge is 0.123 e. The van der Waals surface area contributed by atoms with Crippen molar-refractivity contribution in [3.05, 3.63) is 70.5 Å². The molecular formula is C18H20ClFN3+. The van der Waals surface area contributed by atoms with Gasteiger partial charge in [0.05, 0.1) is 32.4 Å². The van der Waals surface area contributed by atoms with E-state index in [1.807, 2.05) is 12.1 Å². The van der Waals surface area contributed by atoms with Crippen LogP contribution in [0.3, 0.4) is 0 Å². The van der Waals surface area contributed by atoms with Crippen molar-refractivity contribution in [2.45, 2.75) is 6.54 Å². The highest BCUT2D eigenvalue weighted by atomic mass is 35.5. The molecule has 1 saturated heterocycles. The fourth-order valence-electron chi connectivity index (χ4n) is 2.69. The number of quaternary nitrogens is 1. The van der Waals surface area contributed by atoms with Crippen LogP contribution in [0.1, 0.15) is 11.1 Å². The zero-order valence-electron chi connectivity index (χ0n) is 12.9. The summed E-state index contributed by atoms with van der Waals surface area (Å²) in [4.78, 5) is 1.56. The van der Waals surface area contributed by atoms with Gasteiger partial charge in [-0.3, -0.25) is 5.01 Å². The lowest BCUT2D eigenvalue weighted by Crippen LogP contribution is -3.13. The molecule has 0 aliphatic carbocycles. The van der Waals surface area contributed by atoms with Crippen LogP contribution in [0, 0.1) is 5.82 Å². The van der Waals surface area contributed by atoms with Crippen molar-refractivity contribution < 1.29 is 9.29 Å². The topological polar surface area (TPSA) is 20.0 Å². The zero-order valence-corrected chi connectivity index (χ0v) is 13.6. The summed E-state index contributed by atoms with van der Waals surface area (Å²) in [7, 11) is 0. The molecule has 2 aromatic carbocycles. The van der Waals surface area contributed by atoms with Crippen LogP contribution in [0.25, 0.3) is 0 Å². The van der Waals surface area contributed by atoms with E-state index in [0.29, 0.717) is 0 Å². The normalized spacial score (nSPS) is 16.2. The first-order valence-electron chi connectivity index (χ1n) is 7.81. The van der Waals surface area contributed by atoms with E-state index in [0.717, 1.165) is 43.3 Å². The van der Waals surface area contributed by atoms with Gasteiger partial charge in [0.2, 0.25) is 0 Å². The van der Waals surface area contributed by atoms with Gasteiger partial charge in [0, 0.05) is 10.6 Å². The van der Waals surface area contributed by atoms with Gasteiger partial charge in [-0.15, -0.1) is 0 Å². The summed E-state index contributed by atoms with van der Waals surface area (Å²) in [6.07, 6.45) is 1.80. The first kappa shape index (κ1) is 16.0. The number of halogens is 2. The lowest BCUT2D eigenvalue weighted by molar-refractivity contribution is -0.918. The van der Waals surface area contributed by atoms with Gasteiger partial charge in [-0.1, -0.05) is 35.9 Å². The Morgan fingerprint density at radius 2 is 1.70 bits per heavy atom. The molecule has 23 heavy (non-hydrogen) atoms. The molecule has 0 radical (unpaired) electrons. The summed E-state index contributed by atoms with van der Waals surface area (Å²) in [5, 5.41) is 7.35. The monoisotopic (exact) mass is 332 g/mol. The molecule has 1 aliphatic rings. The third kappa shape index (κ3) is 4.78. The molecule has 3 nitrogen and oxygen atoms in total. The maximum atomic E-state index is 12.9. The van der Waals surface area contributed by atoms with E-state index in [9.17, 15) is 4.39 Å². The second kappa shape index (κ2) is 7.57. The molecule has 0 amide bonds. The van der Waals surface area contributed by atoms with Gasteiger partial charge in [-0.25, -0.2) is 4.39 Å². The Hall–Kier alpha value is -1.91. The van der Waals surface area contributed by atoms with Crippen molar-refractivity contribution in [2.24, 2.45) is 5.10 Å². The lowest BCUT2D eigenvalue weighted by Gasteiger charge is -2.30. The summed E-state index contributed by atoms with van der Waals surface area (Å²) < 4.78 is 12.9. The minimum Gasteiger partial charge on any atom is -0.328 e. The van der Waals surface area contributed by atoms with Crippen LogP contribution >= 0.6 is 11.6 Å². The largest absolute Gasteiger partial charge is 0.328 e. The SMILES string of the molecule is Fc1ccc(C=NN2CC[NH+](Cc3ccc(Cl)cc3)CC2)cc1. The molecule has 5 heteroatoms. The number of hydrazone groups is 1. The van der Waals surface area contributed by atoms with E-state index in [1.165, 1.54) is 17.7 Å². The van der Waals surface area contributed by atoms with Gasteiger partial charge in [0.1, 0.15) is 12.4 Å². The molecule has 2 aromatic rings. The number of rotatable bonds is 4. The van der Waals surface area contributed by atoms with Crippen LogP contribution in [0.4, 0.5) is 4.39 Å². The van der Waals surface area contributed by atoms with Crippen LogP contribution in [0.2, 0.25) is 5.02 Å². The van der Waals surface area contributed by atoms with Crippen molar-refractivity contribution in [3.63, 3.8) is 0 Å². The van der Waals surface area contributed by atoms with Crippen molar-refractivity contribution >= 4 is 17.8 Å². The average Bonchev–Trinajstić information content (AvgIpc) is 2.58. The van der Waals surface area contributed by atoms with E-state index < -0.39 is 0 Å². The number of nitrogens with zero attached hydrogens (tertiary/aromatic N) is 2. The fraction of sp³-hybridized carbons (Fsp3) is 0.278. The van der Waals surface area contributed by atoms with Crippen molar-refractivity contribution in [2.75, 3.05) is 26.2 Å². The Labute approximate surface area is 141 Å². The predicted octanol–water partition coefficient (Wildman–Crippen LogP) is 2.21. The highest BCUT2D eigenvalue weighted by Gasteiger charge is 2.18. The maximum absolute atomic E-state index is 12.9. The van der Waals surface area contributed by atoms with E-state index in [2.05, 4.69) is 22.2 Å². The second-order valence-electron chi connectivity index (χ2n) is 5.80. The number of nitrogens with one attached hydrogen (secondary N) is 1. The Bertz CT molecular complexity index is 647. The Morgan fingerprint density at radius 1 is 1.04 bits per heavy atom. The highest BCUT2D eigenvalue weighted by Crippen LogP contribution is 2.08. The molecule has 0 unspecified atom stereocenters. The lowest BCUT2D eigenvalue weighted by atomic mass is 10.2. The number of hydrogen-bond acceptors (Lipinski definition) is 2. The van der Waals surface area contributed by atoms with Gasteiger partial charge >= 0.3 is 0 Å². The van der Waals surface area contributed by atoms with Crippen LogP contribution in [-0.2, 0) is 6.54 Å². The molecule has 1 heterocycles. The van der Waals surface area contributed by atoms with Crippen LogP contribution in [0.15, 0.2) is 53.6 Å². The van der Waals surface area contributed by atoms with Crippen molar-refractivity contribution in [1.82, 2.24) is 5.01 Å². The molecular weight excluding hydrogens is 313 g/mol. The maximum Gasteiger partial charge on any atom is 0.123 e. The van der Waals surface area contributed by atoms with Gasteiger partial charge in [0.15, 0.2) is 0 Å². The molecule has 0 spiro atoms. The molecule has 0 atom stereocenters. The van der Waals surface area contributed by atoms with Crippen LogP contribution in [0.5, 0.6) is 0 Å². The van der Waals surface area contributed by atoms with E-state index in [4.69, 9.17) is 11.6 Å². The fourth-order valence-corrected chi connectivity index (χ4v) is 2.82. The van der Waals surface area contributed by atoms with Gasteiger partial charge in [-0.2, -0.15) is 5.10 Å². The van der Waals surface area contributed by atoms with E-state index in [1.54, 1.807) is 23.2 Å². The van der Waals surface area contributed by atoms with E-state index >= 15 is 0 Å². The molecule has 0 aromatic heterocycles. The first-order chi connectivity index (χ1) is 11.2. The van der Waals surface area contributed by atoms with Gasteiger partial charge in [0.25, 0.3) is 0 Å². The summed E-state index contributed by atoms with van der Waals surface area (Å²) >= 11 is 5.92. The standard InChI is InChI=1S/C18H19ClFN3/c19-17-5-1-16(2-6-17)14-22-9-11-23(12-10-22)21-13-15-3-7-18(20)8-4-15/h1-8,13H,9-12,14H2/p+1. The molecule has 1 aliphatic heterocycles.